The molecule has 0 radical (unpaired) electrons. The van der Waals surface area contributed by atoms with E-state index in [4.69, 9.17) is 4.74 Å². The number of fused-ring (bicyclic) bond motifs is 2. The van der Waals surface area contributed by atoms with Crippen LogP contribution < -0.4 is 5.43 Å². The highest BCUT2D eigenvalue weighted by Gasteiger charge is 2.12. The second kappa shape index (κ2) is 7.91. The molecule has 0 spiro atoms. The molecule has 1 aliphatic rings. The van der Waals surface area contributed by atoms with Gasteiger partial charge in [0.05, 0.1) is 24.2 Å². The molecule has 0 bridgehead atoms. The molecule has 0 N–H and O–H groups in total. The first-order valence-corrected chi connectivity index (χ1v) is 10.0. The zero-order valence-corrected chi connectivity index (χ0v) is 16.4. The number of hydrogen-bond acceptors (Lipinski definition) is 3. The van der Waals surface area contributed by atoms with Gasteiger partial charge in [0.1, 0.15) is 0 Å². The minimum atomic E-state index is 0.112. The maximum absolute atomic E-state index is 12.9. The fourth-order valence-corrected chi connectivity index (χ4v) is 4.13. The first kappa shape index (κ1) is 17.7. The van der Waals surface area contributed by atoms with Crippen LogP contribution in [0.1, 0.15) is 12.8 Å². The molecule has 1 saturated heterocycles. The highest BCUT2D eigenvalue weighted by Crippen LogP contribution is 2.23. The van der Waals surface area contributed by atoms with Crippen molar-refractivity contribution in [2.24, 2.45) is 0 Å². The largest absolute Gasteiger partial charge is 0.379 e. The van der Waals surface area contributed by atoms with Crippen LogP contribution in [0.3, 0.4) is 0 Å². The Bertz CT molecular complexity index is 977. The molecule has 0 atom stereocenters. The van der Waals surface area contributed by atoms with Gasteiger partial charge in [0, 0.05) is 34.9 Å². The van der Waals surface area contributed by atoms with Gasteiger partial charge in [-0.3, -0.25) is 9.69 Å². The van der Waals surface area contributed by atoms with Crippen molar-refractivity contribution in [3.8, 4) is 0 Å². The van der Waals surface area contributed by atoms with Crippen molar-refractivity contribution >= 4 is 37.7 Å². The molecular formula is C21H23BrN2O2. The van der Waals surface area contributed by atoms with E-state index in [2.05, 4.69) is 37.5 Å². The summed E-state index contributed by atoms with van der Waals surface area (Å²) >= 11 is 3.50. The summed E-state index contributed by atoms with van der Waals surface area (Å²) in [5, 5.41) is 1.58. The third kappa shape index (κ3) is 3.56. The Balaban J connectivity index is 1.62. The second-order valence-electron chi connectivity index (χ2n) is 6.82. The third-order valence-corrected chi connectivity index (χ3v) is 5.64. The number of nitrogens with zero attached hydrogens (tertiary/aromatic N) is 2. The number of aryl methyl sites for hydroxylation is 1. The van der Waals surface area contributed by atoms with Crippen LogP contribution in [0.15, 0.2) is 51.7 Å². The van der Waals surface area contributed by atoms with E-state index >= 15 is 0 Å². The number of benzene rings is 2. The summed E-state index contributed by atoms with van der Waals surface area (Å²) < 4.78 is 8.66. The van der Waals surface area contributed by atoms with Crippen LogP contribution in [0.25, 0.3) is 21.8 Å². The van der Waals surface area contributed by atoms with Gasteiger partial charge in [0.15, 0.2) is 5.43 Å². The summed E-state index contributed by atoms with van der Waals surface area (Å²) in [6.07, 6.45) is 2.24. The van der Waals surface area contributed by atoms with Crippen LogP contribution >= 0.6 is 15.9 Å². The second-order valence-corrected chi connectivity index (χ2v) is 7.74. The van der Waals surface area contributed by atoms with E-state index in [9.17, 15) is 4.79 Å². The average Bonchev–Trinajstić information content (AvgIpc) is 2.68. The van der Waals surface area contributed by atoms with E-state index in [-0.39, 0.29) is 5.43 Å². The van der Waals surface area contributed by atoms with Gasteiger partial charge in [0.25, 0.3) is 0 Å². The molecule has 2 aromatic carbocycles. The predicted octanol–water partition coefficient (Wildman–Crippen LogP) is 4.03. The lowest BCUT2D eigenvalue weighted by Crippen LogP contribution is -2.36. The molecule has 5 heteroatoms. The van der Waals surface area contributed by atoms with Gasteiger partial charge in [0.2, 0.25) is 0 Å². The Kier molecular flexibility index (Phi) is 5.38. The van der Waals surface area contributed by atoms with Crippen molar-refractivity contribution in [3.63, 3.8) is 0 Å². The smallest absolute Gasteiger partial charge is 0.197 e. The normalized spacial score (nSPS) is 15.7. The van der Waals surface area contributed by atoms with Crippen LogP contribution in [0.5, 0.6) is 0 Å². The highest BCUT2D eigenvalue weighted by atomic mass is 79.9. The van der Waals surface area contributed by atoms with E-state index in [1.807, 2.05) is 30.3 Å². The number of morpholine rings is 1. The molecule has 1 fully saturated rings. The lowest BCUT2D eigenvalue weighted by molar-refractivity contribution is 0.0371. The van der Waals surface area contributed by atoms with Gasteiger partial charge in [-0.05, 0) is 49.7 Å². The molecule has 136 valence electrons. The summed E-state index contributed by atoms with van der Waals surface area (Å²) in [5.74, 6) is 0. The summed E-state index contributed by atoms with van der Waals surface area (Å²) in [6.45, 7) is 5.82. The summed E-state index contributed by atoms with van der Waals surface area (Å²) in [7, 11) is 0. The summed E-state index contributed by atoms with van der Waals surface area (Å²) in [6, 6.07) is 13.9. The molecule has 2 heterocycles. The monoisotopic (exact) mass is 414 g/mol. The lowest BCUT2D eigenvalue weighted by atomic mass is 10.1. The first-order chi connectivity index (χ1) is 12.7. The minimum Gasteiger partial charge on any atom is -0.379 e. The lowest BCUT2D eigenvalue weighted by Gasteiger charge is -2.26. The Labute approximate surface area is 161 Å². The van der Waals surface area contributed by atoms with Gasteiger partial charge < -0.3 is 9.30 Å². The Morgan fingerprint density at radius 3 is 2.50 bits per heavy atom. The highest BCUT2D eigenvalue weighted by molar-refractivity contribution is 9.10. The molecule has 1 aliphatic heterocycles. The number of ether oxygens (including phenoxy) is 1. The fraction of sp³-hybridized carbons (Fsp3) is 0.381. The Hall–Kier alpha value is -1.69. The van der Waals surface area contributed by atoms with Crippen LogP contribution in [-0.4, -0.2) is 42.3 Å². The molecular weight excluding hydrogens is 392 g/mol. The topological polar surface area (TPSA) is 34.5 Å². The van der Waals surface area contributed by atoms with E-state index in [0.717, 1.165) is 78.5 Å². The summed E-state index contributed by atoms with van der Waals surface area (Å²) in [4.78, 5) is 15.4. The predicted molar refractivity (Wildman–Crippen MR) is 110 cm³/mol. The number of pyridine rings is 1. The van der Waals surface area contributed by atoms with Crippen LogP contribution in [0.4, 0.5) is 0 Å². The molecule has 1 aromatic heterocycles. The number of aromatic nitrogens is 1. The van der Waals surface area contributed by atoms with Crippen LogP contribution in [-0.2, 0) is 11.3 Å². The zero-order valence-electron chi connectivity index (χ0n) is 14.8. The first-order valence-electron chi connectivity index (χ1n) is 9.25. The van der Waals surface area contributed by atoms with E-state index < -0.39 is 0 Å². The molecule has 0 amide bonds. The molecule has 4 nitrogen and oxygen atoms in total. The van der Waals surface area contributed by atoms with Crippen LogP contribution in [0, 0.1) is 0 Å². The number of rotatable bonds is 5. The fourth-order valence-electron chi connectivity index (χ4n) is 3.77. The molecule has 0 aliphatic carbocycles. The van der Waals surface area contributed by atoms with Crippen molar-refractivity contribution in [2.45, 2.75) is 19.4 Å². The molecule has 26 heavy (non-hydrogen) atoms. The van der Waals surface area contributed by atoms with E-state index in [1.54, 1.807) is 0 Å². The SMILES string of the molecule is O=c1c2ccccc2n(CCCCN2CCOCC2)c2ccc(Br)cc12. The number of hydrogen-bond donors (Lipinski definition) is 0. The molecule has 0 unspecified atom stereocenters. The maximum Gasteiger partial charge on any atom is 0.197 e. The number of unbranched alkanes of at least 4 members (excludes halogenated alkanes) is 1. The van der Waals surface area contributed by atoms with Gasteiger partial charge in [-0.25, -0.2) is 0 Å². The maximum atomic E-state index is 12.9. The van der Waals surface area contributed by atoms with Gasteiger partial charge >= 0.3 is 0 Å². The molecule has 0 saturated carbocycles. The zero-order chi connectivity index (χ0) is 17.9. The van der Waals surface area contributed by atoms with Crippen molar-refractivity contribution in [1.29, 1.82) is 0 Å². The van der Waals surface area contributed by atoms with Crippen molar-refractivity contribution in [1.82, 2.24) is 9.47 Å². The Morgan fingerprint density at radius 1 is 0.923 bits per heavy atom. The average molecular weight is 415 g/mol. The quantitative estimate of drug-likeness (QED) is 0.466. The van der Waals surface area contributed by atoms with Gasteiger partial charge in [-0.15, -0.1) is 0 Å². The minimum absolute atomic E-state index is 0.112. The Morgan fingerprint density at radius 2 is 1.65 bits per heavy atom. The van der Waals surface area contributed by atoms with Gasteiger partial charge in [-0.1, -0.05) is 28.1 Å². The molecule has 4 rings (SSSR count). The summed E-state index contributed by atoms with van der Waals surface area (Å²) in [5.41, 5.74) is 2.16. The number of para-hydroxylation sites is 1. The van der Waals surface area contributed by atoms with E-state index in [0.29, 0.717) is 0 Å². The van der Waals surface area contributed by atoms with E-state index in [1.165, 1.54) is 0 Å². The number of halogens is 1. The van der Waals surface area contributed by atoms with Crippen molar-refractivity contribution in [2.75, 3.05) is 32.8 Å². The standard InChI is InChI=1S/C21H23BrN2O2/c22-16-7-8-20-18(15-16)21(25)17-5-1-2-6-19(17)24(20)10-4-3-9-23-11-13-26-14-12-23/h1-2,5-8,15H,3-4,9-14H2. The van der Waals surface area contributed by atoms with Crippen molar-refractivity contribution < 1.29 is 4.74 Å². The van der Waals surface area contributed by atoms with Gasteiger partial charge in [-0.2, -0.15) is 0 Å². The molecule has 3 aromatic rings. The third-order valence-electron chi connectivity index (χ3n) is 5.14. The van der Waals surface area contributed by atoms with Crippen molar-refractivity contribution in [3.05, 3.63) is 57.2 Å². The van der Waals surface area contributed by atoms with Crippen LogP contribution in [0.2, 0.25) is 0 Å².